The van der Waals surface area contributed by atoms with Crippen LogP contribution in [-0.4, -0.2) is 35.3 Å². The van der Waals surface area contributed by atoms with Gasteiger partial charge in [0.1, 0.15) is 11.0 Å². The normalized spacial score (nSPS) is 17.9. The molecular weight excluding hydrogens is 526 g/mol. The Morgan fingerprint density at radius 1 is 1.19 bits per heavy atom. The van der Waals surface area contributed by atoms with Crippen LogP contribution in [0.15, 0.2) is 36.4 Å². The first kappa shape index (κ1) is 28.7. The Labute approximate surface area is 252 Å². The molecule has 2 aliphatic rings. The van der Waals surface area contributed by atoms with Crippen molar-refractivity contribution in [3.8, 4) is 5.75 Å². The molecule has 2 aliphatic heterocycles. The maximum absolute atomic E-state index is 13.0. The summed E-state index contributed by atoms with van der Waals surface area (Å²) in [4.78, 5) is 49.3. The molecule has 8 nitrogen and oxygen atoms in total. The molecule has 13 heteroatoms. The third-order valence-corrected chi connectivity index (χ3v) is 6.87. The fraction of sp³-hybridized carbons (Fsp3) is 0.304. The van der Waals surface area contributed by atoms with Crippen molar-refractivity contribution < 1.29 is 89.9 Å². The number of carbonyl (C=O) groups is 4. The van der Waals surface area contributed by atoms with Crippen molar-refractivity contribution in [2.75, 3.05) is 17.7 Å². The molecule has 1 fully saturated rings. The molecule has 0 bridgehead atoms. The first-order valence-electron chi connectivity index (χ1n) is 10.5. The number of hydrogen-bond donors (Lipinski definition) is 3. The van der Waals surface area contributed by atoms with Crippen molar-refractivity contribution in [1.82, 2.24) is 5.32 Å². The van der Waals surface area contributed by atoms with Gasteiger partial charge in [0.2, 0.25) is 17.7 Å². The minimum Gasteiger partial charge on any atom is -1.00 e. The molecule has 0 aromatic heterocycles. The number of benzene rings is 2. The number of thioether (sulfide) groups is 1. The van der Waals surface area contributed by atoms with Crippen LogP contribution in [0.2, 0.25) is 0 Å². The van der Waals surface area contributed by atoms with E-state index in [0.29, 0.717) is 29.0 Å². The van der Waals surface area contributed by atoms with Gasteiger partial charge in [-0.15, -0.1) is 0 Å². The summed E-state index contributed by atoms with van der Waals surface area (Å²) in [5, 5.41) is 5.92. The zero-order chi connectivity index (χ0) is 25.3. The molecule has 36 heavy (non-hydrogen) atoms. The van der Waals surface area contributed by atoms with Gasteiger partial charge in [-0.2, -0.15) is 13.2 Å². The minimum absolute atomic E-state index is 0. The van der Waals surface area contributed by atoms with E-state index >= 15 is 0 Å². The van der Waals surface area contributed by atoms with E-state index in [-0.39, 0.29) is 77.2 Å². The number of halogens is 3. The number of imide groups is 1. The summed E-state index contributed by atoms with van der Waals surface area (Å²) in [5.74, 6) is -1.81. The Morgan fingerprint density at radius 2 is 1.94 bits per heavy atom. The standard InChI is InChI=1S/C23H20F3N3O5S.K.H/c1-34-16-7-5-13(14-6-8-17(30)28-19(14)16)15(20-21(32)29-22(33)35-20)10-18(31)27-12-4-2-3-11(9-12)23(24,25)26;;/h2-5,7,9,15,20H,6,8,10H2,1H3,(H,27,31)(H,28,30)(H,29,32,33);;/q;+1;-1. The van der Waals surface area contributed by atoms with Gasteiger partial charge in [0.25, 0.3) is 5.24 Å². The van der Waals surface area contributed by atoms with Crippen LogP contribution in [0.25, 0.3) is 0 Å². The average Bonchev–Trinajstić information content (AvgIpc) is 3.14. The first-order valence-corrected chi connectivity index (χ1v) is 11.4. The van der Waals surface area contributed by atoms with E-state index in [1.807, 2.05) is 0 Å². The van der Waals surface area contributed by atoms with Gasteiger partial charge < -0.3 is 16.8 Å². The van der Waals surface area contributed by atoms with Gasteiger partial charge in [-0.25, -0.2) is 0 Å². The monoisotopic (exact) mass is 547 g/mol. The summed E-state index contributed by atoms with van der Waals surface area (Å²) in [6.07, 6.45) is -4.36. The van der Waals surface area contributed by atoms with Crippen LogP contribution >= 0.6 is 11.8 Å². The summed E-state index contributed by atoms with van der Waals surface area (Å²) in [5.41, 5.74) is 0.713. The Morgan fingerprint density at radius 3 is 2.58 bits per heavy atom. The van der Waals surface area contributed by atoms with Gasteiger partial charge in [0, 0.05) is 24.4 Å². The molecule has 2 aromatic carbocycles. The van der Waals surface area contributed by atoms with E-state index in [9.17, 15) is 32.3 Å². The quantitative estimate of drug-likeness (QED) is 0.469. The molecule has 0 spiro atoms. The van der Waals surface area contributed by atoms with E-state index in [0.717, 1.165) is 23.9 Å². The van der Waals surface area contributed by atoms with Crippen molar-refractivity contribution in [3.63, 3.8) is 0 Å². The minimum atomic E-state index is -4.57. The SMILES string of the molecule is COc1ccc(C(CC(=O)Nc2cccc(C(F)(F)F)c2)C2SC(=O)NC2=O)c2c1NC(=O)CC2.[H-].[K+]. The van der Waals surface area contributed by atoms with Gasteiger partial charge >= 0.3 is 57.6 Å². The Kier molecular flexibility index (Phi) is 9.28. The molecule has 4 amide bonds. The molecule has 4 rings (SSSR count). The number of alkyl halides is 3. The molecule has 186 valence electrons. The number of nitrogens with one attached hydrogen (secondary N) is 3. The zero-order valence-electron chi connectivity index (χ0n) is 20.3. The van der Waals surface area contributed by atoms with E-state index in [1.165, 1.54) is 19.2 Å². The van der Waals surface area contributed by atoms with Crippen LogP contribution in [0.5, 0.6) is 5.75 Å². The number of hydrogen-bond acceptors (Lipinski definition) is 6. The molecular formula is C23H21F3KN3O5S. The number of ether oxygens (including phenoxy) is 1. The summed E-state index contributed by atoms with van der Waals surface area (Å²) < 4.78 is 44.4. The molecule has 2 atom stereocenters. The van der Waals surface area contributed by atoms with Gasteiger partial charge in [0.05, 0.1) is 18.4 Å². The second kappa shape index (κ2) is 11.7. The first-order chi connectivity index (χ1) is 16.6. The molecule has 0 saturated carbocycles. The van der Waals surface area contributed by atoms with Crippen molar-refractivity contribution in [2.45, 2.75) is 36.6 Å². The van der Waals surface area contributed by atoms with Crippen LogP contribution in [0.3, 0.4) is 0 Å². The van der Waals surface area contributed by atoms with Gasteiger partial charge in [0.15, 0.2) is 0 Å². The predicted molar refractivity (Wildman–Crippen MR) is 123 cm³/mol. The summed E-state index contributed by atoms with van der Waals surface area (Å²) in [7, 11) is 1.44. The molecule has 3 N–H and O–H groups in total. The van der Waals surface area contributed by atoms with Crippen LogP contribution in [0.1, 0.15) is 36.9 Å². The van der Waals surface area contributed by atoms with Crippen LogP contribution < -0.4 is 72.1 Å². The second-order valence-corrected chi connectivity index (χ2v) is 9.13. The molecule has 0 aliphatic carbocycles. The zero-order valence-corrected chi connectivity index (χ0v) is 23.3. The third-order valence-electron chi connectivity index (χ3n) is 5.76. The van der Waals surface area contributed by atoms with Gasteiger partial charge in [-0.1, -0.05) is 23.9 Å². The number of rotatable bonds is 6. The number of amides is 4. The average molecular weight is 548 g/mol. The van der Waals surface area contributed by atoms with E-state index in [2.05, 4.69) is 16.0 Å². The molecule has 2 unspecified atom stereocenters. The number of anilines is 2. The molecule has 1 saturated heterocycles. The predicted octanol–water partition coefficient (Wildman–Crippen LogP) is 1.18. The molecule has 0 radical (unpaired) electrons. The fourth-order valence-electron chi connectivity index (χ4n) is 4.21. The van der Waals surface area contributed by atoms with Crippen molar-refractivity contribution in [1.29, 1.82) is 0 Å². The summed E-state index contributed by atoms with van der Waals surface area (Å²) in [6.45, 7) is 0. The second-order valence-electron chi connectivity index (χ2n) is 8.01. The number of fused-ring (bicyclic) bond motifs is 1. The topological polar surface area (TPSA) is 114 Å². The Hall–Kier alpha value is -1.90. The molecule has 2 aromatic rings. The molecule has 2 heterocycles. The van der Waals surface area contributed by atoms with Gasteiger partial charge in [-0.3, -0.25) is 24.5 Å². The van der Waals surface area contributed by atoms with E-state index in [4.69, 9.17) is 4.74 Å². The van der Waals surface area contributed by atoms with Crippen molar-refractivity contribution in [3.05, 3.63) is 53.1 Å². The smallest absolute Gasteiger partial charge is 1.00 e. The number of methoxy groups -OCH3 is 1. The Bertz CT molecular complexity index is 1230. The maximum atomic E-state index is 13.0. The summed E-state index contributed by atoms with van der Waals surface area (Å²) >= 11 is 0.745. The largest absolute Gasteiger partial charge is 1.00 e. The van der Waals surface area contributed by atoms with Crippen molar-refractivity contribution in [2.24, 2.45) is 0 Å². The van der Waals surface area contributed by atoms with Gasteiger partial charge in [-0.05, 0) is 41.8 Å². The fourth-order valence-corrected chi connectivity index (χ4v) is 5.17. The summed E-state index contributed by atoms with van der Waals surface area (Å²) in [6, 6.07) is 7.48. The van der Waals surface area contributed by atoms with Crippen molar-refractivity contribution >= 4 is 46.1 Å². The maximum Gasteiger partial charge on any atom is 1.00 e. The van der Waals surface area contributed by atoms with Crippen LogP contribution in [0, 0.1) is 0 Å². The van der Waals surface area contributed by atoms with E-state index < -0.39 is 40.0 Å². The Balaban J connectivity index is 0.00000241. The third kappa shape index (κ3) is 6.32. The van der Waals surface area contributed by atoms with E-state index in [1.54, 1.807) is 12.1 Å². The van der Waals surface area contributed by atoms with Crippen LogP contribution in [0.4, 0.5) is 29.3 Å². The van der Waals surface area contributed by atoms with Crippen LogP contribution in [-0.2, 0) is 27.0 Å². The number of carbonyl (C=O) groups excluding carboxylic acids is 4.